The predicted octanol–water partition coefficient (Wildman–Crippen LogP) is 4.47. The maximum absolute atomic E-state index is 6.10. The van der Waals surface area contributed by atoms with Gasteiger partial charge in [0.1, 0.15) is 0 Å². The van der Waals surface area contributed by atoms with Crippen LogP contribution in [0.3, 0.4) is 0 Å². The van der Waals surface area contributed by atoms with Crippen LogP contribution in [-0.4, -0.2) is 12.6 Å². The summed E-state index contributed by atoms with van der Waals surface area (Å²) in [5.41, 5.74) is 8.18. The van der Waals surface area contributed by atoms with E-state index in [0.29, 0.717) is 11.6 Å². The van der Waals surface area contributed by atoms with Crippen LogP contribution in [0.2, 0.25) is 5.02 Å². The molecule has 2 aromatic carbocycles. The molecule has 3 N–H and O–H groups in total. The molecular formula is C16H18BrClN2. The van der Waals surface area contributed by atoms with Crippen molar-refractivity contribution < 1.29 is 0 Å². The summed E-state index contributed by atoms with van der Waals surface area (Å²) in [4.78, 5) is 0. The van der Waals surface area contributed by atoms with Gasteiger partial charge in [-0.2, -0.15) is 0 Å². The number of hydrogen-bond acceptors (Lipinski definition) is 2. The van der Waals surface area contributed by atoms with Crippen LogP contribution in [-0.2, 0) is 6.42 Å². The van der Waals surface area contributed by atoms with Gasteiger partial charge in [0.2, 0.25) is 0 Å². The van der Waals surface area contributed by atoms with E-state index in [1.54, 1.807) is 0 Å². The number of hydrogen-bond donors (Lipinski definition) is 2. The first kappa shape index (κ1) is 15.4. The van der Waals surface area contributed by atoms with Crippen LogP contribution in [0.4, 0.5) is 5.69 Å². The minimum atomic E-state index is 0.243. The molecule has 2 rings (SSSR count). The van der Waals surface area contributed by atoms with Gasteiger partial charge >= 0.3 is 0 Å². The first-order valence-electron chi connectivity index (χ1n) is 6.64. The van der Waals surface area contributed by atoms with Crippen LogP contribution in [0.25, 0.3) is 0 Å². The lowest BCUT2D eigenvalue weighted by Crippen LogP contribution is -2.29. The molecule has 0 aromatic heterocycles. The van der Waals surface area contributed by atoms with Crippen LogP contribution in [0, 0.1) is 0 Å². The molecule has 2 nitrogen and oxygen atoms in total. The lowest BCUT2D eigenvalue weighted by molar-refractivity contribution is 0.660. The molecule has 1 atom stereocenters. The van der Waals surface area contributed by atoms with Crippen molar-refractivity contribution in [2.24, 2.45) is 5.73 Å². The van der Waals surface area contributed by atoms with Crippen LogP contribution >= 0.6 is 27.5 Å². The number of anilines is 1. The molecule has 0 saturated heterocycles. The van der Waals surface area contributed by atoms with Crippen LogP contribution in [0.15, 0.2) is 53.0 Å². The summed E-state index contributed by atoms with van der Waals surface area (Å²) in [7, 11) is 0. The molecule has 106 valence electrons. The van der Waals surface area contributed by atoms with Gasteiger partial charge in [-0.15, -0.1) is 0 Å². The highest BCUT2D eigenvalue weighted by molar-refractivity contribution is 9.10. The van der Waals surface area contributed by atoms with E-state index in [2.05, 4.69) is 45.5 Å². The molecule has 0 heterocycles. The molecule has 0 radical (unpaired) electrons. The molecular weight excluding hydrogens is 336 g/mol. The van der Waals surface area contributed by atoms with E-state index >= 15 is 0 Å². The Morgan fingerprint density at radius 2 is 1.90 bits per heavy atom. The van der Waals surface area contributed by atoms with Gasteiger partial charge in [-0.3, -0.25) is 0 Å². The third kappa shape index (κ3) is 4.51. The lowest BCUT2D eigenvalue weighted by atomic mass is 10.1. The topological polar surface area (TPSA) is 38.0 Å². The maximum Gasteiger partial charge on any atom is 0.0568 e. The Bertz CT molecular complexity index is 545. The van der Waals surface area contributed by atoms with Crippen molar-refractivity contribution >= 4 is 33.2 Å². The highest BCUT2D eigenvalue weighted by Gasteiger charge is 2.08. The molecule has 0 fully saturated rings. The van der Waals surface area contributed by atoms with Crippen LogP contribution in [0.5, 0.6) is 0 Å². The van der Waals surface area contributed by atoms with Crippen molar-refractivity contribution in [3.8, 4) is 0 Å². The number of benzene rings is 2. The second kappa shape index (κ2) is 7.67. The van der Waals surface area contributed by atoms with Crippen molar-refractivity contribution in [1.82, 2.24) is 0 Å². The van der Waals surface area contributed by atoms with Crippen LogP contribution < -0.4 is 11.1 Å². The highest BCUT2D eigenvalue weighted by Crippen LogP contribution is 2.26. The standard InChI is InChI=1S/C16H18BrClN2/c17-15-9-8-13(10-16(15)18)20-14(11-19)7-6-12-4-2-1-3-5-12/h1-5,8-10,14,20H,6-7,11,19H2. The first-order valence-corrected chi connectivity index (χ1v) is 7.81. The Hall–Kier alpha value is -1.03. The SMILES string of the molecule is NCC(CCc1ccccc1)Nc1ccc(Br)c(Cl)c1. The van der Waals surface area contributed by atoms with Crippen molar-refractivity contribution in [3.63, 3.8) is 0 Å². The normalized spacial score (nSPS) is 12.2. The summed E-state index contributed by atoms with van der Waals surface area (Å²) in [6, 6.07) is 16.5. The van der Waals surface area contributed by atoms with Gasteiger partial charge < -0.3 is 11.1 Å². The zero-order valence-corrected chi connectivity index (χ0v) is 13.5. The van der Waals surface area contributed by atoms with Gasteiger partial charge in [-0.05, 0) is 52.5 Å². The largest absolute Gasteiger partial charge is 0.381 e. The van der Waals surface area contributed by atoms with Crippen molar-refractivity contribution in [2.45, 2.75) is 18.9 Å². The second-order valence-corrected chi connectivity index (χ2v) is 5.99. The zero-order valence-electron chi connectivity index (χ0n) is 11.2. The van der Waals surface area contributed by atoms with E-state index in [1.807, 2.05) is 24.3 Å². The number of rotatable bonds is 6. The van der Waals surface area contributed by atoms with Gasteiger partial charge in [-0.1, -0.05) is 41.9 Å². The first-order chi connectivity index (χ1) is 9.69. The van der Waals surface area contributed by atoms with Gasteiger partial charge in [0.25, 0.3) is 0 Å². The molecule has 0 saturated carbocycles. The van der Waals surface area contributed by atoms with Crippen molar-refractivity contribution in [2.75, 3.05) is 11.9 Å². The van der Waals surface area contributed by atoms with Gasteiger partial charge in [0.15, 0.2) is 0 Å². The van der Waals surface area contributed by atoms with E-state index in [1.165, 1.54) is 5.56 Å². The van der Waals surface area contributed by atoms with Crippen molar-refractivity contribution in [1.29, 1.82) is 0 Å². The Labute approximate surface area is 133 Å². The number of halogens is 2. The molecule has 0 bridgehead atoms. The smallest absolute Gasteiger partial charge is 0.0568 e. The lowest BCUT2D eigenvalue weighted by Gasteiger charge is -2.18. The van der Waals surface area contributed by atoms with Gasteiger partial charge in [0, 0.05) is 22.7 Å². The Kier molecular flexibility index (Phi) is 5.89. The third-order valence-electron chi connectivity index (χ3n) is 3.20. The van der Waals surface area contributed by atoms with Gasteiger partial charge in [-0.25, -0.2) is 0 Å². The van der Waals surface area contributed by atoms with Crippen molar-refractivity contribution in [3.05, 3.63) is 63.6 Å². The fourth-order valence-corrected chi connectivity index (χ4v) is 2.48. The fraction of sp³-hybridized carbons (Fsp3) is 0.250. The summed E-state index contributed by atoms with van der Waals surface area (Å²) in [6.45, 7) is 0.598. The summed E-state index contributed by atoms with van der Waals surface area (Å²) < 4.78 is 0.901. The highest BCUT2D eigenvalue weighted by atomic mass is 79.9. The number of nitrogens with one attached hydrogen (secondary N) is 1. The molecule has 0 amide bonds. The average Bonchev–Trinajstić information content (AvgIpc) is 2.48. The molecule has 1 unspecified atom stereocenters. The monoisotopic (exact) mass is 352 g/mol. The Morgan fingerprint density at radius 1 is 1.15 bits per heavy atom. The summed E-state index contributed by atoms with van der Waals surface area (Å²) in [5, 5.41) is 4.14. The molecule has 0 spiro atoms. The molecule has 0 aliphatic rings. The average molecular weight is 354 g/mol. The van der Waals surface area contributed by atoms with E-state index in [-0.39, 0.29) is 6.04 Å². The predicted molar refractivity (Wildman–Crippen MR) is 90.4 cm³/mol. The molecule has 0 aliphatic carbocycles. The molecule has 2 aromatic rings. The molecule has 0 aliphatic heterocycles. The fourth-order valence-electron chi connectivity index (χ4n) is 2.06. The quantitative estimate of drug-likeness (QED) is 0.804. The third-order valence-corrected chi connectivity index (χ3v) is 4.43. The summed E-state index contributed by atoms with van der Waals surface area (Å²) >= 11 is 9.48. The zero-order chi connectivity index (χ0) is 14.4. The Balaban J connectivity index is 1.93. The summed E-state index contributed by atoms with van der Waals surface area (Å²) in [5.74, 6) is 0. The molecule has 20 heavy (non-hydrogen) atoms. The minimum Gasteiger partial charge on any atom is -0.381 e. The van der Waals surface area contributed by atoms with Gasteiger partial charge in [0.05, 0.1) is 5.02 Å². The second-order valence-electron chi connectivity index (χ2n) is 4.73. The number of aryl methyl sites for hydroxylation is 1. The molecule has 4 heteroatoms. The number of nitrogens with two attached hydrogens (primary N) is 1. The van der Waals surface area contributed by atoms with Crippen LogP contribution in [0.1, 0.15) is 12.0 Å². The maximum atomic E-state index is 6.10. The van der Waals surface area contributed by atoms with E-state index in [0.717, 1.165) is 23.0 Å². The summed E-state index contributed by atoms with van der Waals surface area (Å²) in [6.07, 6.45) is 2.01. The van der Waals surface area contributed by atoms with E-state index in [9.17, 15) is 0 Å². The van der Waals surface area contributed by atoms with E-state index in [4.69, 9.17) is 17.3 Å². The van der Waals surface area contributed by atoms with E-state index < -0.39 is 0 Å². The minimum absolute atomic E-state index is 0.243. The Morgan fingerprint density at radius 3 is 2.55 bits per heavy atom.